The third-order valence-corrected chi connectivity index (χ3v) is 3.71. The van der Waals surface area contributed by atoms with E-state index in [1.807, 2.05) is 0 Å². The molecule has 2 fully saturated rings. The van der Waals surface area contributed by atoms with E-state index >= 15 is 0 Å². The summed E-state index contributed by atoms with van der Waals surface area (Å²) in [7, 11) is 0. The third kappa shape index (κ3) is 2.05. The van der Waals surface area contributed by atoms with E-state index in [1.165, 1.54) is 51.6 Å². The van der Waals surface area contributed by atoms with Crippen molar-refractivity contribution in [1.82, 2.24) is 4.90 Å². The Hall–Kier alpha value is -0.0800. The zero-order valence-electron chi connectivity index (χ0n) is 8.41. The van der Waals surface area contributed by atoms with Crippen molar-refractivity contribution in [2.24, 2.45) is 5.92 Å². The molecule has 0 aromatic heterocycles. The summed E-state index contributed by atoms with van der Waals surface area (Å²) in [5.74, 6) is 0.582. The fraction of sp³-hybridized carbons (Fsp3) is 1.00. The van der Waals surface area contributed by atoms with Gasteiger partial charge in [-0.3, -0.25) is 0 Å². The number of rotatable bonds is 2. The molecule has 2 nitrogen and oxygen atoms in total. The van der Waals surface area contributed by atoms with Gasteiger partial charge in [-0.25, -0.2) is 0 Å². The summed E-state index contributed by atoms with van der Waals surface area (Å²) in [5, 5.41) is 9.24. The Labute approximate surface area is 80.9 Å². The number of piperidine rings is 1. The predicted molar refractivity (Wildman–Crippen MR) is 53.6 cm³/mol. The second kappa shape index (κ2) is 4.43. The summed E-state index contributed by atoms with van der Waals surface area (Å²) >= 11 is 0. The molecule has 1 saturated carbocycles. The smallest absolute Gasteiger partial charge is 0.0474 e. The molecule has 0 aromatic carbocycles. The van der Waals surface area contributed by atoms with Crippen LogP contribution in [0.1, 0.15) is 38.5 Å². The van der Waals surface area contributed by atoms with Crippen LogP contribution < -0.4 is 0 Å². The Morgan fingerprint density at radius 1 is 1.00 bits per heavy atom. The van der Waals surface area contributed by atoms with Crippen molar-refractivity contribution < 1.29 is 5.11 Å². The van der Waals surface area contributed by atoms with Gasteiger partial charge in [0.2, 0.25) is 0 Å². The fourth-order valence-corrected chi connectivity index (χ4v) is 2.96. The molecule has 2 unspecified atom stereocenters. The van der Waals surface area contributed by atoms with E-state index < -0.39 is 0 Å². The first-order valence-electron chi connectivity index (χ1n) is 5.76. The van der Waals surface area contributed by atoms with Crippen LogP contribution in [-0.4, -0.2) is 35.7 Å². The molecule has 1 saturated heterocycles. The van der Waals surface area contributed by atoms with Crippen molar-refractivity contribution >= 4 is 0 Å². The maximum atomic E-state index is 9.24. The summed E-state index contributed by atoms with van der Waals surface area (Å²) in [6.45, 7) is 2.96. The number of hydrogen-bond acceptors (Lipinski definition) is 2. The minimum atomic E-state index is 0.404. The number of nitrogens with zero attached hydrogens (tertiary/aromatic N) is 1. The molecule has 1 heterocycles. The molecule has 0 radical (unpaired) electrons. The monoisotopic (exact) mass is 183 g/mol. The van der Waals surface area contributed by atoms with Crippen LogP contribution in [0.3, 0.4) is 0 Å². The molecular formula is C11H21NO. The summed E-state index contributed by atoms with van der Waals surface area (Å²) in [5.41, 5.74) is 0. The molecule has 2 rings (SSSR count). The molecule has 2 atom stereocenters. The molecule has 2 aliphatic rings. The van der Waals surface area contributed by atoms with Crippen molar-refractivity contribution in [2.45, 2.75) is 44.6 Å². The zero-order chi connectivity index (χ0) is 9.10. The first-order valence-corrected chi connectivity index (χ1v) is 5.76. The lowest BCUT2D eigenvalue weighted by Gasteiger charge is -2.35. The molecule has 0 amide bonds. The van der Waals surface area contributed by atoms with Gasteiger partial charge in [0.25, 0.3) is 0 Å². The highest BCUT2D eigenvalue weighted by Gasteiger charge is 2.31. The van der Waals surface area contributed by atoms with Crippen LogP contribution in [0.2, 0.25) is 0 Å². The topological polar surface area (TPSA) is 23.5 Å². The Balaban J connectivity index is 1.90. The summed E-state index contributed by atoms with van der Waals surface area (Å²) in [6, 6.07) is 0.713. The van der Waals surface area contributed by atoms with E-state index in [1.54, 1.807) is 0 Å². The average molecular weight is 183 g/mol. The van der Waals surface area contributed by atoms with E-state index in [9.17, 15) is 5.11 Å². The average Bonchev–Trinajstić information content (AvgIpc) is 2.67. The lowest BCUT2D eigenvalue weighted by Crippen LogP contribution is -2.42. The molecule has 13 heavy (non-hydrogen) atoms. The molecule has 0 aromatic rings. The predicted octanol–water partition coefficient (Wildman–Crippen LogP) is 1.63. The van der Waals surface area contributed by atoms with Gasteiger partial charge in [-0.05, 0) is 44.7 Å². The minimum Gasteiger partial charge on any atom is -0.396 e. The largest absolute Gasteiger partial charge is 0.396 e. The molecule has 1 aliphatic carbocycles. The molecular weight excluding hydrogens is 162 g/mol. The van der Waals surface area contributed by atoms with E-state index in [0.29, 0.717) is 18.6 Å². The SMILES string of the molecule is OCC1CCCC1N1CCCCC1. The summed E-state index contributed by atoms with van der Waals surface area (Å²) in [6.07, 6.45) is 8.05. The molecule has 2 heteroatoms. The maximum absolute atomic E-state index is 9.24. The minimum absolute atomic E-state index is 0.404. The normalized spacial score (nSPS) is 36.7. The van der Waals surface area contributed by atoms with Gasteiger partial charge in [-0.15, -0.1) is 0 Å². The Kier molecular flexibility index (Phi) is 3.23. The van der Waals surface area contributed by atoms with E-state index in [0.717, 1.165) is 0 Å². The Bertz CT molecular complexity index is 154. The van der Waals surface area contributed by atoms with Crippen molar-refractivity contribution in [3.8, 4) is 0 Å². The highest BCUT2D eigenvalue weighted by Crippen LogP contribution is 2.31. The lowest BCUT2D eigenvalue weighted by molar-refractivity contribution is 0.0996. The zero-order valence-corrected chi connectivity index (χ0v) is 8.41. The van der Waals surface area contributed by atoms with E-state index in [4.69, 9.17) is 0 Å². The van der Waals surface area contributed by atoms with Crippen molar-refractivity contribution in [3.05, 3.63) is 0 Å². The Morgan fingerprint density at radius 2 is 1.77 bits per heavy atom. The third-order valence-electron chi connectivity index (χ3n) is 3.71. The van der Waals surface area contributed by atoms with Gasteiger partial charge in [0.15, 0.2) is 0 Å². The van der Waals surface area contributed by atoms with Crippen LogP contribution in [0, 0.1) is 5.92 Å². The highest BCUT2D eigenvalue weighted by atomic mass is 16.3. The first-order chi connectivity index (χ1) is 6.42. The van der Waals surface area contributed by atoms with Crippen LogP contribution in [-0.2, 0) is 0 Å². The van der Waals surface area contributed by atoms with Gasteiger partial charge in [-0.2, -0.15) is 0 Å². The standard InChI is InChI=1S/C11H21NO/c13-9-10-5-4-6-11(10)12-7-2-1-3-8-12/h10-11,13H,1-9H2. The van der Waals surface area contributed by atoms with Gasteiger partial charge >= 0.3 is 0 Å². The summed E-state index contributed by atoms with van der Waals surface area (Å²) < 4.78 is 0. The van der Waals surface area contributed by atoms with Crippen LogP contribution in [0.4, 0.5) is 0 Å². The quantitative estimate of drug-likeness (QED) is 0.703. The Morgan fingerprint density at radius 3 is 2.46 bits per heavy atom. The molecule has 1 aliphatic heterocycles. The van der Waals surface area contributed by atoms with Crippen molar-refractivity contribution in [1.29, 1.82) is 0 Å². The highest BCUT2D eigenvalue weighted by molar-refractivity contribution is 4.86. The van der Waals surface area contributed by atoms with Crippen LogP contribution in [0.5, 0.6) is 0 Å². The molecule has 0 bridgehead atoms. The maximum Gasteiger partial charge on any atom is 0.0474 e. The van der Waals surface area contributed by atoms with Crippen LogP contribution in [0.15, 0.2) is 0 Å². The van der Waals surface area contributed by atoms with Crippen molar-refractivity contribution in [3.63, 3.8) is 0 Å². The fourth-order valence-electron chi connectivity index (χ4n) is 2.96. The van der Waals surface area contributed by atoms with Gasteiger partial charge in [0, 0.05) is 12.6 Å². The molecule has 0 spiro atoms. The lowest BCUT2D eigenvalue weighted by atomic mass is 10.0. The van der Waals surface area contributed by atoms with Crippen LogP contribution >= 0.6 is 0 Å². The summed E-state index contributed by atoms with van der Waals surface area (Å²) in [4.78, 5) is 2.62. The van der Waals surface area contributed by atoms with Crippen LogP contribution in [0.25, 0.3) is 0 Å². The number of aliphatic hydroxyl groups is 1. The number of likely N-dealkylation sites (tertiary alicyclic amines) is 1. The van der Waals surface area contributed by atoms with Gasteiger partial charge in [0.1, 0.15) is 0 Å². The molecule has 76 valence electrons. The van der Waals surface area contributed by atoms with Gasteiger partial charge in [0.05, 0.1) is 0 Å². The first kappa shape index (κ1) is 9.47. The van der Waals surface area contributed by atoms with E-state index in [-0.39, 0.29) is 0 Å². The number of hydrogen-bond donors (Lipinski definition) is 1. The number of aliphatic hydroxyl groups excluding tert-OH is 1. The van der Waals surface area contributed by atoms with Crippen molar-refractivity contribution in [2.75, 3.05) is 19.7 Å². The van der Waals surface area contributed by atoms with Gasteiger partial charge < -0.3 is 10.0 Å². The second-order valence-corrected chi connectivity index (χ2v) is 4.54. The second-order valence-electron chi connectivity index (χ2n) is 4.54. The van der Waals surface area contributed by atoms with E-state index in [2.05, 4.69) is 4.90 Å². The van der Waals surface area contributed by atoms with Gasteiger partial charge in [-0.1, -0.05) is 12.8 Å². The molecule has 1 N–H and O–H groups in total.